The molecule has 1 aliphatic carbocycles. The van der Waals surface area contributed by atoms with Gasteiger partial charge in [0.05, 0.1) is 32.3 Å². The summed E-state index contributed by atoms with van der Waals surface area (Å²) >= 11 is 0. The van der Waals surface area contributed by atoms with Crippen LogP contribution in [0, 0.1) is 11.2 Å². The lowest BCUT2D eigenvalue weighted by atomic mass is 10.0. The van der Waals surface area contributed by atoms with E-state index in [2.05, 4.69) is 0 Å². The number of rotatable bonds is 9. The Balaban J connectivity index is 1.78. The maximum Gasteiger partial charge on any atom is 0.312 e. The molecule has 1 saturated carbocycles. The van der Waals surface area contributed by atoms with Crippen molar-refractivity contribution in [2.24, 2.45) is 5.41 Å². The normalized spacial score (nSPS) is 16.6. The molecule has 0 aliphatic heterocycles. The minimum absolute atomic E-state index is 0.270. The van der Waals surface area contributed by atoms with Gasteiger partial charge in [-0.3, -0.25) is 4.79 Å². The fourth-order valence-electron chi connectivity index (χ4n) is 3.02. The quantitative estimate of drug-likeness (QED) is 0.562. The largest absolute Gasteiger partial charge is 0.497 e. The lowest BCUT2D eigenvalue weighted by molar-refractivity contribution is -0.164. The van der Waals surface area contributed by atoms with Crippen LogP contribution in [-0.2, 0) is 20.9 Å². The zero-order valence-corrected chi connectivity index (χ0v) is 17.2. The average molecular weight is 402 g/mol. The molecule has 0 aromatic heterocycles. The maximum absolute atomic E-state index is 13.7. The Kier molecular flexibility index (Phi) is 6.42. The van der Waals surface area contributed by atoms with Gasteiger partial charge in [0.2, 0.25) is 0 Å². The number of hydrogen-bond donors (Lipinski definition) is 0. The van der Waals surface area contributed by atoms with Crippen LogP contribution >= 0.6 is 0 Å². The van der Waals surface area contributed by atoms with Crippen molar-refractivity contribution in [2.75, 3.05) is 14.2 Å². The summed E-state index contributed by atoms with van der Waals surface area (Å²) in [6, 6.07) is 11.7. The predicted octanol–water partition coefficient (Wildman–Crippen LogP) is 4.83. The predicted molar refractivity (Wildman–Crippen MR) is 106 cm³/mol. The fourth-order valence-corrected chi connectivity index (χ4v) is 3.02. The van der Waals surface area contributed by atoms with E-state index in [1.165, 1.54) is 19.2 Å². The first-order valence-electron chi connectivity index (χ1n) is 9.65. The van der Waals surface area contributed by atoms with Crippen molar-refractivity contribution in [1.82, 2.24) is 0 Å². The molecule has 0 amide bonds. The van der Waals surface area contributed by atoms with Crippen LogP contribution in [0.4, 0.5) is 4.39 Å². The zero-order valence-electron chi connectivity index (χ0n) is 17.2. The van der Waals surface area contributed by atoms with E-state index in [0.717, 1.165) is 24.2 Å². The Morgan fingerprint density at radius 2 is 1.79 bits per heavy atom. The van der Waals surface area contributed by atoms with Crippen LogP contribution < -0.4 is 9.47 Å². The number of carbonyl (C=O) groups excluding carboxylic acids is 1. The van der Waals surface area contributed by atoms with Crippen molar-refractivity contribution < 1.29 is 28.1 Å². The lowest BCUT2D eigenvalue weighted by Crippen LogP contribution is -2.28. The second-order valence-electron chi connectivity index (χ2n) is 7.64. The summed E-state index contributed by atoms with van der Waals surface area (Å²) in [7, 11) is 3.07. The van der Waals surface area contributed by atoms with E-state index in [4.69, 9.17) is 18.9 Å². The number of carbonyl (C=O) groups is 1. The molecule has 5 nitrogen and oxygen atoms in total. The van der Waals surface area contributed by atoms with E-state index in [1.54, 1.807) is 13.2 Å². The number of halogens is 1. The Morgan fingerprint density at radius 3 is 2.38 bits per heavy atom. The molecule has 0 N–H and O–H groups in total. The molecule has 0 heterocycles. The molecule has 3 rings (SSSR count). The van der Waals surface area contributed by atoms with Gasteiger partial charge in [0.15, 0.2) is 6.10 Å². The first kappa shape index (κ1) is 21.1. The van der Waals surface area contributed by atoms with Gasteiger partial charge in [-0.25, -0.2) is 4.39 Å². The van der Waals surface area contributed by atoms with Gasteiger partial charge in [-0.1, -0.05) is 12.1 Å². The molecule has 1 unspecified atom stereocenters. The summed E-state index contributed by atoms with van der Waals surface area (Å²) in [5.41, 5.74) is 1.10. The summed E-state index contributed by atoms with van der Waals surface area (Å²) in [5, 5.41) is 0. The number of benzene rings is 2. The molecule has 2 aromatic rings. The zero-order chi connectivity index (χ0) is 21.0. The number of hydrogen-bond acceptors (Lipinski definition) is 5. The van der Waals surface area contributed by atoms with E-state index in [-0.39, 0.29) is 5.97 Å². The van der Waals surface area contributed by atoms with E-state index in [0.29, 0.717) is 17.9 Å². The van der Waals surface area contributed by atoms with E-state index < -0.39 is 23.4 Å². The third kappa shape index (κ3) is 5.07. The van der Waals surface area contributed by atoms with Crippen molar-refractivity contribution in [3.05, 3.63) is 59.4 Å². The van der Waals surface area contributed by atoms with Gasteiger partial charge in [-0.15, -0.1) is 0 Å². The topological polar surface area (TPSA) is 54.0 Å². The monoisotopic (exact) mass is 402 g/mol. The highest BCUT2D eigenvalue weighted by Crippen LogP contribution is 2.47. The van der Waals surface area contributed by atoms with Crippen LogP contribution in [0.5, 0.6) is 11.5 Å². The molecule has 2 aromatic carbocycles. The van der Waals surface area contributed by atoms with Crippen molar-refractivity contribution >= 4 is 5.97 Å². The second kappa shape index (κ2) is 8.82. The van der Waals surface area contributed by atoms with Gasteiger partial charge in [0.1, 0.15) is 17.3 Å². The molecule has 1 fully saturated rings. The molecule has 156 valence electrons. The SMILES string of the molecule is COc1ccc(COC(C)[C@H](OC(=O)C2(C)CC2)c2ccc(F)cc2OC)cc1. The molecule has 29 heavy (non-hydrogen) atoms. The van der Waals surface area contributed by atoms with Crippen LogP contribution in [0.2, 0.25) is 0 Å². The van der Waals surface area contributed by atoms with Gasteiger partial charge in [0, 0.05) is 11.6 Å². The molecular formula is C23H27FO5. The summed E-state index contributed by atoms with van der Waals surface area (Å²) in [5.74, 6) is 0.399. The highest BCUT2D eigenvalue weighted by molar-refractivity contribution is 5.79. The van der Waals surface area contributed by atoms with Gasteiger partial charge in [-0.05, 0) is 56.5 Å². The Bertz CT molecular complexity index is 845. The van der Waals surface area contributed by atoms with Gasteiger partial charge in [-0.2, -0.15) is 0 Å². The first-order chi connectivity index (χ1) is 13.9. The molecule has 1 aliphatic rings. The molecule has 0 spiro atoms. The minimum Gasteiger partial charge on any atom is -0.497 e. The van der Waals surface area contributed by atoms with Crippen molar-refractivity contribution in [1.29, 1.82) is 0 Å². The number of methoxy groups -OCH3 is 2. The van der Waals surface area contributed by atoms with Crippen molar-refractivity contribution in [3.63, 3.8) is 0 Å². The van der Waals surface area contributed by atoms with Crippen LogP contribution in [0.25, 0.3) is 0 Å². The van der Waals surface area contributed by atoms with Crippen LogP contribution in [0.3, 0.4) is 0 Å². The lowest BCUT2D eigenvalue weighted by Gasteiger charge is -2.27. The van der Waals surface area contributed by atoms with Crippen LogP contribution in [0.15, 0.2) is 42.5 Å². The molecule has 0 saturated heterocycles. The van der Waals surface area contributed by atoms with Gasteiger partial charge in [0.25, 0.3) is 0 Å². The van der Waals surface area contributed by atoms with Gasteiger partial charge < -0.3 is 18.9 Å². The minimum atomic E-state index is -0.714. The Hall–Kier alpha value is -2.60. The average Bonchev–Trinajstić information content (AvgIpc) is 3.49. The third-order valence-corrected chi connectivity index (χ3v) is 5.33. The summed E-state index contributed by atoms with van der Waals surface area (Å²) in [6.45, 7) is 4.05. The summed E-state index contributed by atoms with van der Waals surface area (Å²) in [6.07, 6.45) is 0.428. The molecule has 0 radical (unpaired) electrons. The summed E-state index contributed by atoms with van der Waals surface area (Å²) in [4.78, 5) is 12.6. The van der Waals surface area contributed by atoms with Crippen molar-refractivity contribution in [2.45, 2.75) is 45.5 Å². The summed E-state index contributed by atoms with van der Waals surface area (Å²) < 4.78 is 36.0. The van der Waals surface area contributed by atoms with E-state index >= 15 is 0 Å². The van der Waals surface area contributed by atoms with Crippen LogP contribution in [0.1, 0.15) is 43.9 Å². The highest BCUT2D eigenvalue weighted by atomic mass is 19.1. The molecule has 6 heteroatoms. The van der Waals surface area contributed by atoms with Gasteiger partial charge >= 0.3 is 5.97 Å². The molecule has 2 atom stereocenters. The Labute approximate surface area is 170 Å². The smallest absolute Gasteiger partial charge is 0.312 e. The first-order valence-corrected chi connectivity index (χ1v) is 9.65. The maximum atomic E-state index is 13.7. The Morgan fingerprint density at radius 1 is 1.10 bits per heavy atom. The highest BCUT2D eigenvalue weighted by Gasteiger charge is 2.48. The molecular weight excluding hydrogens is 375 g/mol. The second-order valence-corrected chi connectivity index (χ2v) is 7.64. The van der Waals surface area contributed by atoms with Crippen LogP contribution in [-0.4, -0.2) is 26.3 Å². The molecule has 0 bridgehead atoms. The van der Waals surface area contributed by atoms with E-state index in [1.807, 2.05) is 38.1 Å². The van der Waals surface area contributed by atoms with E-state index in [9.17, 15) is 9.18 Å². The number of ether oxygens (including phenoxy) is 4. The number of esters is 1. The fraction of sp³-hybridized carbons (Fsp3) is 0.435. The standard InChI is InChI=1S/C23H27FO5/c1-15(28-14-16-5-8-18(26-3)9-6-16)21(29-22(25)23(2)11-12-23)19-10-7-17(24)13-20(19)27-4/h5-10,13,15,21H,11-12,14H2,1-4H3/t15?,21-/m0/s1. The third-order valence-electron chi connectivity index (χ3n) is 5.33. The van der Waals surface area contributed by atoms with Crippen molar-refractivity contribution in [3.8, 4) is 11.5 Å².